The summed E-state index contributed by atoms with van der Waals surface area (Å²) in [4.78, 5) is 10.0. The minimum Gasteiger partial charge on any atom is -0.328 e. The summed E-state index contributed by atoms with van der Waals surface area (Å²) in [5.41, 5.74) is 6.21. The van der Waals surface area contributed by atoms with Crippen LogP contribution in [0.4, 0.5) is 5.82 Å². The maximum Gasteiger partial charge on any atom is 0.263 e. The molecule has 0 radical (unpaired) electrons. The van der Waals surface area contributed by atoms with E-state index in [0.29, 0.717) is 16.9 Å². The predicted molar refractivity (Wildman–Crippen MR) is 157 cm³/mol. The molecule has 0 saturated heterocycles. The van der Waals surface area contributed by atoms with E-state index in [0.717, 1.165) is 33.5 Å². The Morgan fingerprint density at radius 3 is 1.92 bits per heavy atom. The summed E-state index contributed by atoms with van der Waals surface area (Å²) in [7, 11) is -1.97. The van der Waals surface area contributed by atoms with E-state index in [9.17, 15) is 8.42 Å². The molecule has 4 aromatic carbocycles. The third kappa shape index (κ3) is 4.57. The lowest BCUT2D eigenvalue weighted by Crippen LogP contribution is -2.15. The van der Waals surface area contributed by atoms with E-state index in [1.807, 2.05) is 103 Å². The SMILES string of the molecule is Cc1cccc(-c2nc(NS(=O)(=O)c3ccccc3)c3c(-c4ccccc4)c(-c4ccccc4)n(C)c3n2)c1. The van der Waals surface area contributed by atoms with Gasteiger partial charge < -0.3 is 4.57 Å². The zero-order valence-electron chi connectivity index (χ0n) is 21.5. The monoisotopic (exact) mass is 530 g/mol. The number of benzene rings is 4. The van der Waals surface area contributed by atoms with Crippen molar-refractivity contribution >= 4 is 26.9 Å². The Hall–Kier alpha value is -4.75. The van der Waals surface area contributed by atoms with Crippen molar-refractivity contribution in [3.05, 3.63) is 121 Å². The summed E-state index contributed by atoms with van der Waals surface area (Å²) in [6, 6.07) is 36.2. The fraction of sp³-hybridized carbons (Fsp3) is 0.0625. The number of fused-ring (bicyclic) bond motifs is 1. The molecule has 0 atom stereocenters. The van der Waals surface area contributed by atoms with Gasteiger partial charge in [-0.05, 0) is 36.2 Å². The molecule has 0 aliphatic heterocycles. The Morgan fingerprint density at radius 2 is 1.28 bits per heavy atom. The highest BCUT2D eigenvalue weighted by atomic mass is 32.2. The molecule has 0 saturated carbocycles. The molecule has 1 N–H and O–H groups in total. The molecule has 0 spiro atoms. The number of aryl methyl sites for hydroxylation is 2. The van der Waals surface area contributed by atoms with Gasteiger partial charge in [-0.1, -0.05) is 103 Å². The Kier molecular flexibility index (Phi) is 6.21. The quantitative estimate of drug-likeness (QED) is 0.250. The molecule has 0 fully saturated rings. The van der Waals surface area contributed by atoms with Gasteiger partial charge in [-0.3, -0.25) is 4.72 Å². The molecule has 7 heteroatoms. The van der Waals surface area contributed by atoms with E-state index in [-0.39, 0.29) is 10.7 Å². The molecule has 6 rings (SSSR count). The maximum absolute atomic E-state index is 13.6. The Bertz CT molecular complexity index is 1900. The molecular formula is C32H26N4O2S. The van der Waals surface area contributed by atoms with Gasteiger partial charge >= 0.3 is 0 Å². The van der Waals surface area contributed by atoms with Crippen molar-refractivity contribution in [2.75, 3.05) is 4.72 Å². The second-order valence-electron chi connectivity index (χ2n) is 9.40. The first-order valence-corrected chi connectivity index (χ1v) is 14.1. The van der Waals surface area contributed by atoms with Crippen LogP contribution in [-0.4, -0.2) is 23.0 Å². The van der Waals surface area contributed by atoms with E-state index in [1.165, 1.54) is 0 Å². The van der Waals surface area contributed by atoms with Crippen LogP contribution < -0.4 is 4.72 Å². The van der Waals surface area contributed by atoms with E-state index >= 15 is 0 Å². The van der Waals surface area contributed by atoms with Crippen LogP contribution >= 0.6 is 0 Å². The maximum atomic E-state index is 13.6. The minimum atomic E-state index is -3.93. The molecule has 6 nitrogen and oxygen atoms in total. The van der Waals surface area contributed by atoms with Gasteiger partial charge in [0.2, 0.25) is 0 Å². The molecular weight excluding hydrogens is 504 g/mol. The van der Waals surface area contributed by atoms with Crippen molar-refractivity contribution in [3.8, 4) is 33.8 Å². The summed E-state index contributed by atoms with van der Waals surface area (Å²) >= 11 is 0. The van der Waals surface area contributed by atoms with Gasteiger partial charge in [0.05, 0.1) is 16.0 Å². The van der Waals surface area contributed by atoms with Crippen molar-refractivity contribution in [2.24, 2.45) is 7.05 Å². The first-order valence-electron chi connectivity index (χ1n) is 12.6. The third-order valence-corrected chi connectivity index (χ3v) is 8.06. The Morgan fingerprint density at radius 1 is 0.692 bits per heavy atom. The Labute approximate surface area is 227 Å². The lowest BCUT2D eigenvalue weighted by Gasteiger charge is -2.12. The molecule has 2 aromatic heterocycles. The van der Waals surface area contributed by atoms with Crippen LogP contribution in [0.2, 0.25) is 0 Å². The van der Waals surface area contributed by atoms with E-state index < -0.39 is 10.0 Å². The molecule has 0 aliphatic carbocycles. The van der Waals surface area contributed by atoms with Crippen molar-refractivity contribution in [2.45, 2.75) is 11.8 Å². The first kappa shape index (κ1) is 24.6. The topological polar surface area (TPSA) is 76.9 Å². The molecule has 0 unspecified atom stereocenters. The van der Waals surface area contributed by atoms with Gasteiger partial charge in [-0.2, -0.15) is 0 Å². The number of nitrogens with one attached hydrogen (secondary N) is 1. The van der Waals surface area contributed by atoms with Gasteiger partial charge in [0.1, 0.15) is 5.65 Å². The number of hydrogen-bond donors (Lipinski definition) is 1. The average molecular weight is 531 g/mol. The van der Waals surface area contributed by atoms with Gasteiger partial charge in [0.25, 0.3) is 10.0 Å². The van der Waals surface area contributed by atoms with E-state index in [4.69, 9.17) is 9.97 Å². The Balaban J connectivity index is 1.71. The van der Waals surface area contributed by atoms with Crippen molar-refractivity contribution in [1.82, 2.24) is 14.5 Å². The van der Waals surface area contributed by atoms with E-state index in [1.54, 1.807) is 30.3 Å². The molecule has 0 aliphatic rings. The fourth-order valence-electron chi connectivity index (χ4n) is 4.91. The average Bonchev–Trinajstić information content (AvgIpc) is 3.26. The number of nitrogens with zero attached hydrogens (tertiary/aromatic N) is 3. The zero-order chi connectivity index (χ0) is 27.0. The van der Waals surface area contributed by atoms with Crippen LogP contribution in [0.1, 0.15) is 5.56 Å². The van der Waals surface area contributed by atoms with Crippen molar-refractivity contribution < 1.29 is 8.42 Å². The summed E-state index contributed by atoms with van der Waals surface area (Å²) in [5, 5.41) is 0.637. The van der Waals surface area contributed by atoms with Crippen molar-refractivity contribution in [1.29, 1.82) is 0 Å². The van der Waals surface area contributed by atoms with Crippen LogP contribution in [0.5, 0.6) is 0 Å². The van der Waals surface area contributed by atoms with Gasteiger partial charge in [-0.25, -0.2) is 18.4 Å². The van der Waals surface area contributed by atoms with Crippen molar-refractivity contribution in [3.63, 3.8) is 0 Å². The largest absolute Gasteiger partial charge is 0.328 e. The number of hydrogen-bond acceptors (Lipinski definition) is 4. The summed E-state index contributed by atoms with van der Waals surface area (Å²) in [5.74, 6) is 0.675. The highest BCUT2D eigenvalue weighted by Gasteiger charge is 2.26. The third-order valence-electron chi connectivity index (χ3n) is 6.70. The standard InChI is InChI=1S/C32H26N4O2S/c1-22-13-12-18-25(21-22)30-33-31(35-39(37,38)26-19-10-5-11-20-26)28-27(23-14-6-3-7-15-23)29(36(2)32(28)34-30)24-16-8-4-9-17-24/h3-21H,1-2H3,(H,33,34,35). The lowest BCUT2D eigenvalue weighted by atomic mass is 9.99. The van der Waals surface area contributed by atoms with Gasteiger partial charge in [-0.15, -0.1) is 0 Å². The van der Waals surface area contributed by atoms with Crippen LogP contribution in [0, 0.1) is 6.92 Å². The highest BCUT2D eigenvalue weighted by molar-refractivity contribution is 7.92. The molecule has 39 heavy (non-hydrogen) atoms. The summed E-state index contributed by atoms with van der Waals surface area (Å²) < 4.78 is 32.0. The van der Waals surface area contributed by atoms with Crippen LogP contribution in [0.25, 0.3) is 44.8 Å². The number of aromatic nitrogens is 3. The number of rotatable bonds is 6. The fourth-order valence-corrected chi connectivity index (χ4v) is 5.94. The number of anilines is 1. The van der Waals surface area contributed by atoms with Gasteiger partial charge in [0, 0.05) is 18.2 Å². The van der Waals surface area contributed by atoms with Gasteiger partial charge in [0.15, 0.2) is 11.6 Å². The molecule has 192 valence electrons. The smallest absolute Gasteiger partial charge is 0.263 e. The zero-order valence-corrected chi connectivity index (χ0v) is 22.4. The molecule has 0 amide bonds. The normalized spacial score (nSPS) is 11.5. The second kappa shape index (κ2) is 9.85. The van der Waals surface area contributed by atoms with E-state index in [2.05, 4.69) is 4.72 Å². The minimum absolute atomic E-state index is 0.161. The van der Waals surface area contributed by atoms with Crippen LogP contribution in [0.3, 0.4) is 0 Å². The second-order valence-corrected chi connectivity index (χ2v) is 11.1. The van der Waals surface area contributed by atoms with Crippen LogP contribution in [-0.2, 0) is 17.1 Å². The predicted octanol–water partition coefficient (Wildman–Crippen LogP) is 7.08. The molecule has 6 aromatic rings. The summed E-state index contributed by atoms with van der Waals surface area (Å²) in [6.45, 7) is 2.00. The van der Waals surface area contributed by atoms with Crippen LogP contribution in [0.15, 0.2) is 120 Å². The molecule has 0 bridgehead atoms. The first-order chi connectivity index (χ1) is 18.9. The lowest BCUT2D eigenvalue weighted by molar-refractivity contribution is 0.601. The highest BCUT2D eigenvalue weighted by Crippen LogP contribution is 2.43. The molecule has 2 heterocycles. The number of sulfonamides is 1. The summed E-state index contributed by atoms with van der Waals surface area (Å²) in [6.07, 6.45) is 0.